The molecule has 2 saturated carbocycles. The van der Waals surface area contributed by atoms with Gasteiger partial charge in [0.15, 0.2) is 9.84 Å². The number of hydrogen-bond acceptors (Lipinski definition) is 7. The molecule has 0 bridgehead atoms. The zero-order valence-corrected chi connectivity index (χ0v) is 33.2. The monoisotopic (exact) mass is 735 g/mol. The summed E-state index contributed by atoms with van der Waals surface area (Å²) in [4.78, 5) is 69.8. The second-order valence-corrected chi connectivity index (χ2v) is 19.9. The number of rotatable bonds is 17. The normalized spacial score (nSPS) is 22.1. The Morgan fingerprint density at radius 3 is 2.12 bits per heavy atom. The van der Waals surface area contributed by atoms with Crippen LogP contribution in [-0.2, 0) is 29.0 Å². The molecule has 0 radical (unpaired) electrons. The quantitative estimate of drug-likeness (QED) is 0.127. The number of likely N-dealkylation sites (tertiary alicyclic amines) is 1. The molecule has 1 heterocycles. The summed E-state index contributed by atoms with van der Waals surface area (Å²) in [6, 6.07) is -3.59. The van der Waals surface area contributed by atoms with Gasteiger partial charge < -0.3 is 26.2 Å². The lowest BCUT2D eigenvalue weighted by Crippen LogP contribution is -2.64. The Labute approximate surface area is 306 Å². The van der Waals surface area contributed by atoms with Gasteiger partial charge in [0.1, 0.15) is 12.1 Å². The van der Waals surface area contributed by atoms with E-state index in [1.54, 1.807) is 13.8 Å². The molecule has 4 atom stereocenters. The Bertz CT molecular complexity index is 1390. The first-order chi connectivity index (χ1) is 23.7. The summed E-state index contributed by atoms with van der Waals surface area (Å²) in [6.07, 6.45) is 9.01. The molecule has 1 aliphatic heterocycles. The van der Waals surface area contributed by atoms with E-state index < -0.39 is 73.2 Å². The van der Waals surface area contributed by atoms with E-state index >= 15 is 0 Å². The van der Waals surface area contributed by atoms with Gasteiger partial charge in [-0.15, -0.1) is 6.58 Å². The van der Waals surface area contributed by atoms with Crippen LogP contribution in [0.5, 0.6) is 0 Å². The van der Waals surface area contributed by atoms with Crippen molar-refractivity contribution in [2.24, 2.45) is 23.2 Å². The number of urea groups is 1. The van der Waals surface area contributed by atoms with Crippen molar-refractivity contribution in [1.82, 2.24) is 26.2 Å². The first-order valence-corrected chi connectivity index (χ1v) is 20.7. The molecular formula is C38H65N5O7S. The molecule has 2 aliphatic carbocycles. The Hall–Kier alpha value is -2.96. The molecule has 290 valence electrons. The molecular weight excluding hydrogens is 671 g/mol. The average Bonchev–Trinajstić information content (AvgIpc) is 3.73. The van der Waals surface area contributed by atoms with Crippen LogP contribution < -0.4 is 21.3 Å². The lowest BCUT2D eigenvalue weighted by Gasteiger charge is -2.41. The molecule has 12 nitrogen and oxygen atoms in total. The highest BCUT2D eigenvalue weighted by molar-refractivity contribution is 7.92. The zero-order valence-electron chi connectivity index (χ0n) is 32.4. The van der Waals surface area contributed by atoms with E-state index in [1.165, 1.54) is 11.0 Å². The van der Waals surface area contributed by atoms with Gasteiger partial charge in [0, 0.05) is 13.1 Å². The van der Waals surface area contributed by atoms with Crippen molar-refractivity contribution in [3.8, 4) is 0 Å². The van der Waals surface area contributed by atoms with Crippen molar-refractivity contribution < 1.29 is 32.4 Å². The van der Waals surface area contributed by atoms with Crippen molar-refractivity contribution in [1.29, 1.82) is 0 Å². The summed E-state index contributed by atoms with van der Waals surface area (Å²) in [6.45, 7) is 18.9. The van der Waals surface area contributed by atoms with E-state index in [0.29, 0.717) is 32.1 Å². The second-order valence-electron chi connectivity index (χ2n) is 17.3. The van der Waals surface area contributed by atoms with E-state index in [0.717, 1.165) is 38.5 Å². The van der Waals surface area contributed by atoms with E-state index in [1.807, 2.05) is 41.5 Å². The molecule has 5 amide bonds. The van der Waals surface area contributed by atoms with Gasteiger partial charge in [0.25, 0.3) is 5.91 Å². The van der Waals surface area contributed by atoms with Crippen molar-refractivity contribution in [2.45, 2.75) is 154 Å². The highest BCUT2D eigenvalue weighted by Gasteiger charge is 2.49. The Kier molecular flexibility index (Phi) is 14.4. The fourth-order valence-electron chi connectivity index (χ4n) is 7.76. The van der Waals surface area contributed by atoms with Gasteiger partial charge in [-0.25, -0.2) is 13.2 Å². The summed E-state index contributed by atoms with van der Waals surface area (Å²) in [5.41, 5.74) is -1.73. The molecule has 3 fully saturated rings. The first-order valence-electron chi connectivity index (χ1n) is 19.0. The van der Waals surface area contributed by atoms with Crippen LogP contribution in [0, 0.1) is 23.2 Å². The van der Waals surface area contributed by atoms with Crippen LogP contribution in [-0.4, -0.2) is 90.1 Å². The predicted octanol–water partition coefficient (Wildman–Crippen LogP) is 4.43. The van der Waals surface area contributed by atoms with Crippen molar-refractivity contribution in [3.63, 3.8) is 0 Å². The summed E-state index contributed by atoms with van der Waals surface area (Å²) < 4.78 is 26.4. The van der Waals surface area contributed by atoms with E-state index in [4.69, 9.17) is 0 Å². The van der Waals surface area contributed by atoms with Crippen LogP contribution in [0.15, 0.2) is 12.7 Å². The molecule has 2 unspecified atom stereocenters. The third-order valence-electron chi connectivity index (χ3n) is 11.1. The minimum Gasteiger partial charge on any atom is -0.346 e. The molecule has 0 aromatic carbocycles. The number of amides is 5. The van der Waals surface area contributed by atoms with Crippen molar-refractivity contribution >= 4 is 39.4 Å². The maximum atomic E-state index is 14.5. The van der Waals surface area contributed by atoms with Crippen LogP contribution in [0.2, 0.25) is 0 Å². The van der Waals surface area contributed by atoms with Gasteiger partial charge in [-0.2, -0.15) is 0 Å². The van der Waals surface area contributed by atoms with Gasteiger partial charge in [-0.3, -0.25) is 19.2 Å². The van der Waals surface area contributed by atoms with Gasteiger partial charge in [-0.05, 0) is 69.1 Å². The van der Waals surface area contributed by atoms with Crippen LogP contribution in [0.3, 0.4) is 0 Å². The van der Waals surface area contributed by atoms with Crippen LogP contribution in [0.4, 0.5) is 4.79 Å². The van der Waals surface area contributed by atoms with E-state index in [2.05, 4.69) is 27.8 Å². The molecule has 3 aliphatic rings. The van der Waals surface area contributed by atoms with Crippen LogP contribution in [0.1, 0.15) is 126 Å². The lowest BCUT2D eigenvalue weighted by molar-refractivity contribution is -0.144. The SMILES string of the molecule is C=CCNC(=O)C(=O)C(CC1CC1)NC(=O)[C@@H]1C(C(C)C)CCN1C(=O)[C@@H](NC(=O)NC1(CS(=O)(=O)C(C)(C)CCC)CCCCC1)C(C)(C)C. The fraction of sp³-hybridized carbons (Fsp3) is 0.816. The van der Waals surface area contributed by atoms with E-state index in [-0.39, 0.29) is 36.6 Å². The highest BCUT2D eigenvalue weighted by Crippen LogP contribution is 2.37. The summed E-state index contributed by atoms with van der Waals surface area (Å²) >= 11 is 0. The predicted molar refractivity (Wildman–Crippen MR) is 199 cm³/mol. The minimum atomic E-state index is -3.59. The minimum absolute atomic E-state index is 0.0291. The number of nitrogens with zero attached hydrogens (tertiary/aromatic N) is 1. The number of ketones is 1. The fourth-order valence-corrected chi connectivity index (χ4v) is 9.75. The van der Waals surface area contributed by atoms with Gasteiger partial charge in [0.2, 0.25) is 17.6 Å². The molecule has 0 spiro atoms. The zero-order chi connectivity index (χ0) is 38.4. The van der Waals surface area contributed by atoms with Gasteiger partial charge in [0.05, 0.1) is 22.1 Å². The van der Waals surface area contributed by atoms with Gasteiger partial charge in [-0.1, -0.05) is 86.1 Å². The number of hydrogen-bond donors (Lipinski definition) is 4. The molecule has 4 N–H and O–H groups in total. The average molecular weight is 736 g/mol. The molecule has 51 heavy (non-hydrogen) atoms. The number of nitrogens with one attached hydrogen (secondary N) is 4. The van der Waals surface area contributed by atoms with Gasteiger partial charge >= 0.3 is 6.03 Å². The Morgan fingerprint density at radius 1 is 0.961 bits per heavy atom. The van der Waals surface area contributed by atoms with Crippen molar-refractivity contribution in [3.05, 3.63) is 12.7 Å². The third-order valence-corrected chi connectivity index (χ3v) is 13.9. The Balaban J connectivity index is 1.86. The molecule has 3 rings (SSSR count). The summed E-state index contributed by atoms with van der Waals surface area (Å²) in [5.74, 6) is -2.55. The molecule has 0 aromatic heterocycles. The summed E-state index contributed by atoms with van der Waals surface area (Å²) in [7, 11) is -3.59. The molecule has 1 saturated heterocycles. The maximum absolute atomic E-state index is 14.5. The van der Waals surface area contributed by atoms with Crippen molar-refractivity contribution in [2.75, 3.05) is 18.8 Å². The standard InChI is InChI=1S/C38H65N5O7S/c1-10-18-37(8,9)51(49,50)24-38(19-13-12-14-20-38)42-35(48)41-31(36(5,6)7)34(47)43-22-17-27(25(3)4)29(43)32(45)40-28(23-26-15-16-26)30(44)33(46)39-21-11-2/h11,25-29,31H,2,10,12-24H2,1,3-9H3,(H,39,46)(H,40,45)(H2,41,42,48)/t27?,28?,29-,31+/m0/s1. The Morgan fingerprint density at radius 2 is 1.59 bits per heavy atom. The number of sulfone groups is 1. The van der Waals surface area contributed by atoms with Crippen LogP contribution >= 0.6 is 0 Å². The van der Waals surface area contributed by atoms with E-state index in [9.17, 15) is 32.4 Å². The first kappa shape index (κ1) is 42.5. The third kappa shape index (κ3) is 11.0. The maximum Gasteiger partial charge on any atom is 0.315 e. The number of carbonyl (C=O) groups excluding carboxylic acids is 5. The van der Waals surface area contributed by atoms with Crippen LogP contribution in [0.25, 0.3) is 0 Å². The molecule has 0 aromatic rings. The number of carbonyl (C=O) groups is 5. The lowest BCUT2D eigenvalue weighted by atomic mass is 9.83. The largest absolute Gasteiger partial charge is 0.346 e. The topological polar surface area (TPSA) is 171 Å². The number of Topliss-reactive ketones (excluding diaryl/α,β-unsaturated/α-hetero) is 1. The summed E-state index contributed by atoms with van der Waals surface area (Å²) in [5, 5.41) is 11.3. The molecule has 13 heteroatoms. The smallest absolute Gasteiger partial charge is 0.315 e. The second kappa shape index (κ2) is 17.2. The highest BCUT2D eigenvalue weighted by atomic mass is 32.2.